The highest BCUT2D eigenvalue weighted by Crippen LogP contribution is 2.15. The van der Waals surface area contributed by atoms with Gasteiger partial charge in [-0.25, -0.2) is 4.79 Å². The van der Waals surface area contributed by atoms with E-state index in [4.69, 9.17) is 25.2 Å². The predicted octanol–water partition coefficient (Wildman–Crippen LogP) is 0.277. The highest BCUT2D eigenvalue weighted by Gasteiger charge is 2.40. The summed E-state index contributed by atoms with van der Waals surface area (Å²) >= 11 is 0. The maximum absolute atomic E-state index is 11.1. The van der Waals surface area contributed by atoms with Gasteiger partial charge in [-0.15, -0.1) is 0 Å². The van der Waals surface area contributed by atoms with Gasteiger partial charge in [-0.3, -0.25) is 19.3 Å². The van der Waals surface area contributed by atoms with Gasteiger partial charge in [-0.05, 0) is 27.4 Å². The van der Waals surface area contributed by atoms with Crippen molar-refractivity contribution in [1.29, 1.82) is 0 Å². The first kappa shape index (κ1) is 27.6. The van der Waals surface area contributed by atoms with Crippen molar-refractivity contribution < 1.29 is 44.3 Å². The molecule has 0 aromatic heterocycles. The van der Waals surface area contributed by atoms with Gasteiger partial charge < -0.3 is 25.2 Å². The van der Waals surface area contributed by atoms with Gasteiger partial charge in [0, 0.05) is 0 Å². The van der Waals surface area contributed by atoms with Crippen molar-refractivity contribution in [1.82, 2.24) is 4.90 Å². The number of carboxylic acids is 3. The van der Waals surface area contributed by atoms with E-state index in [1.807, 2.05) is 32.8 Å². The minimum atomic E-state index is -2.74. The minimum absolute atomic E-state index is 0. The number of hydrogen-bond acceptors (Lipinski definition) is 7. The number of esters is 1. The van der Waals surface area contributed by atoms with Gasteiger partial charge in [0.1, 0.15) is 6.04 Å². The lowest BCUT2D eigenvalue weighted by molar-refractivity contribution is -0.170. The van der Waals surface area contributed by atoms with E-state index in [1.54, 1.807) is 0 Å². The number of ether oxygens (including phenoxy) is 1. The molecule has 0 fully saturated rings. The number of aliphatic carboxylic acids is 3. The predicted molar refractivity (Wildman–Crippen MR) is 88.2 cm³/mol. The first-order valence-corrected chi connectivity index (χ1v) is 7.09. The number of carbonyl (C=O) groups is 4. The molecule has 0 aromatic carbocycles. The topological polar surface area (TPSA) is 162 Å². The molecule has 10 nitrogen and oxygen atoms in total. The van der Waals surface area contributed by atoms with E-state index in [0.29, 0.717) is 6.61 Å². The first-order valence-electron chi connectivity index (χ1n) is 7.09. The lowest BCUT2D eigenvalue weighted by Crippen LogP contribution is -2.42. The molecule has 4 N–H and O–H groups in total. The second-order valence-corrected chi connectivity index (χ2v) is 5.28. The number of rotatable bonds is 9. The Labute approximate surface area is 147 Å². The van der Waals surface area contributed by atoms with Crippen LogP contribution in [0.4, 0.5) is 0 Å². The van der Waals surface area contributed by atoms with Crippen molar-refractivity contribution in [3.8, 4) is 0 Å². The third-order valence-electron chi connectivity index (χ3n) is 2.85. The molecular weight excluding hydrogens is 338 g/mol. The molecule has 1 unspecified atom stereocenters. The summed E-state index contributed by atoms with van der Waals surface area (Å²) in [4.78, 5) is 43.4. The number of nitrogens with zero attached hydrogens (tertiary/aromatic N) is 1. The van der Waals surface area contributed by atoms with E-state index in [1.165, 1.54) is 0 Å². The summed E-state index contributed by atoms with van der Waals surface area (Å²) in [7, 11) is 3.72. The van der Waals surface area contributed by atoms with Crippen molar-refractivity contribution in [2.45, 2.75) is 52.2 Å². The molecule has 0 saturated heterocycles. The van der Waals surface area contributed by atoms with Crippen LogP contribution in [-0.2, 0) is 23.9 Å². The Kier molecular flexibility index (Phi) is 14.5. The van der Waals surface area contributed by atoms with Gasteiger partial charge in [0.25, 0.3) is 0 Å². The molecule has 0 spiro atoms. The van der Waals surface area contributed by atoms with Crippen LogP contribution in [0.2, 0.25) is 0 Å². The van der Waals surface area contributed by atoms with Crippen LogP contribution < -0.4 is 0 Å². The maximum Gasteiger partial charge on any atom is 0.336 e. The molecule has 148 valence electrons. The summed E-state index contributed by atoms with van der Waals surface area (Å²) in [5.74, 6) is -5.16. The first-order chi connectivity index (χ1) is 10.9. The van der Waals surface area contributed by atoms with Crippen LogP contribution in [0, 0.1) is 0 Å². The molecule has 0 bridgehead atoms. The smallest absolute Gasteiger partial charge is 0.336 e. The molecule has 0 aromatic rings. The normalized spacial score (nSPS) is 11.4. The molecule has 1 atom stereocenters. The summed E-state index contributed by atoms with van der Waals surface area (Å²) in [5, 5.41) is 33.8. The fourth-order valence-corrected chi connectivity index (χ4v) is 1.25. The SMILES string of the molecule is C.CCCOC(=O)C(C)N(C)C.O=C(O)CC(O)(CC(=O)O)C(=O)O. The van der Waals surface area contributed by atoms with Gasteiger partial charge in [-0.1, -0.05) is 14.4 Å². The number of aliphatic hydroxyl groups is 1. The molecule has 0 aliphatic rings. The van der Waals surface area contributed by atoms with Crippen LogP contribution in [-0.4, -0.2) is 81.5 Å². The Morgan fingerprint density at radius 1 is 1.04 bits per heavy atom. The number of carboxylic acid groups (broad SMARTS) is 3. The van der Waals surface area contributed by atoms with Crippen LogP contribution >= 0.6 is 0 Å². The molecule has 25 heavy (non-hydrogen) atoms. The van der Waals surface area contributed by atoms with Crippen LogP contribution in [0.15, 0.2) is 0 Å². The van der Waals surface area contributed by atoms with Gasteiger partial charge >= 0.3 is 23.9 Å². The third-order valence-corrected chi connectivity index (χ3v) is 2.85. The van der Waals surface area contributed by atoms with E-state index >= 15 is 0 Å². The standard InChI is InChI=1S/C8H17NO2.C6H8O7.CH4/c1-5-6-11-8(10)7(2)9(3)4;7-3(8)1-6(13,5(11)12)2-4(9)10;/h7H,5-6H2,1-4H3;13H,1-2H2,(H,7,8)(H,9,10)(H,11,12);1H4. The lowest BCUT2D eigenvalue weighted by Gasteiger charge is -2.18. The van der Waals surface area contributed by atoms with Gasteiger partial charge in [0.15, 0.2) is 5.60 Å². The molecule has 10 heteroatoms. The molecule has 0 rings (SSSR count). The lowest BCUT2D eigenvalue weighted by atomic mass is 9.96. The number of carbonyl (C=O) groups excluding carboxylic acids is 1. The highest BCUT2D eigenvalue weighted by molar-refractivity contribution is 5.88. The summed E-state index contributed by atoms with van der Waals surface area (Å²) in [6, 6.07) is -0.137. The summed E-state index contributed by atoms with van der Waals surface area (Å²) in [5.41, 5.74) is -2.74. The molecular formula is C15H29NO9. The molecule has 0 radical (unpaired) electrons. The van der Waals surface area contributed by atoms with Crippen molar-refractivity contribution in [2.24, 2.45) is 0 Å². The van der Waals surface area contributed by atoms with Crippen LogP contribution in [0.1, 0.15) is 40.5 Å². The van der Waals surface area contributed by atoms with E-state index in [-0.39, 0.29) is 19.4 Å². The molecule has 0 aliphatic heterocycles. The molecule has 0 heterocycles. The largest absolute Gasteiger partial charge is 0.481 e. The van der Waals surface area contributed by atoms with E-state index in [0.717, 1.165) is 6.42 Å². The van der Waals surface area contributed by atoms with Crippen LogP contribution in [0.3, 0.4) is 0 Å². The van der Waals surface area contributed by atoms with Crippen molar-refractivity contribution in [3.63, 3.8) is 0 Å². The molecule has 0 amide bonds. The Bertz CT molecular complexity index is 432. The van der Waals surface area contributed by atoms with Gasteiger partial charge in [0.05, 0.1) is 19.4 Å². The monoisotopic (exact) mass is 367 g/mol. The van der Waals surface area contributed by atoms with Crippen molar-refractivity contribution >= 4 is 23.9 Å². The van der Waals surface area contributed by atoms with E-state index < -0.39 is 36.4 Å². The van der Waals surface area contributed by atoms with Gasteiger partial charge in [0.2, 0.25) is 0 Å². The maximum atomic E-state index is 11.1. The zero-order valence-corrected chi connectivity index (χ0v) is 14.2. The molecule has 0 saturated carbocycles. The van der Waals surface area contributed by atoms with E-state index in [9.17, 15) is 19.2 Å². The highest BCUT2D eigenvalue weighted by atomic mass is 16.5. The fourth-order valence-electron chi connectivity index (χ4n) is 1.25. The molecule has 0 aliphatic carbocycles. The zero-order valence-electron chi connectivity index (χ0n) is 14.2. The van der Waals surface area contributed by atoms with Crippen molar-refractivity contribution in [2.75, 3.05) is 20.7 Å². The second kappa shape index (κ2) is 13.1. The summed E-state index contributed by atoms with van der Waals surface area (Å²) in [6.45, 7) is 4.34. The summed E-state index contributed by atoms with van der Waals surface area (Å²) < 4.78 is 4.93. The van der Waals surface area contributed by atoms with Crippen LogP contribution in [0.25, 0.3) is 0 Å². The van der Waals surface area contributed by atoms with Crippen LogP contribution in [0.5, 0.6) is 0 Å². The third kappa shape index (κ3) is 12.8. The Morgan fingerprint density at radius 3 is 1.68 bits per heavy atom. The summed E-state index contributed by atoms with van der Waals surface area (Å²) in [6.07, 6.45) is -1.41. The van der Waals surface area contributed by atoms with Crippen molar-refractivity contribution in [3.05, 3.63) is 0 Å². The fraction of sp³-hybridized carbons (Fsp3) is 0.733. The quantitative estimate of drug-likeness (QED) is 0.416. The second-order valence-electron chi connectivity index (χ2n) is 5.28. The van der Waals surface area contributed by atoms with Gasteiger partial charge in [-0.2, -0.15) is 0 Å². The van der Waals surface area contributed by atoms with E-state index in [2.05, 4.69) is 0 Å². The average molecular weight is 367 g/mol. The Balaban J connectivity index is -0.000000377. The Morgan fingerprint density at radius 2 is 1.44 bits per heavy atom. The zero-order chi connectivity index (χ0) is 19.5. The Hall–Kier alpha value is -2.20. The average Bonchev–Trinajstić information content (AvgIpc) is 2.42. The minimum Gasteiger partial charge on any atom is -0.481 e. The number of hydrogen-bond donors (Lipinski definition) is 4. The number of likely N-dealkylation sites (N-methyl/N-ethyl adjacent to an activating group) is 1.